The molecule has 1 aromatic heterocycles. The summed E-state index contributed by atoms with van der Waals surface area (Å²) in [5.74, 6) is -0.136. The molecule has 3 aromatic rings. The molecule has 2 aliphatic heterocycles. The second kappa shape index (κ2) is 7.89. The number of benzene rings is 2. The molecule has 1 amide bonds. The Kier molecular flexibility index (Phi) is 5.19. The molecule has 0 unspecified atom stereocenters. The largest absolute Gasteiger partial charge is 0.311 e. The Morgan fingerprint density at radius 1 is 1.00 bits per heavy atom. The molecule has 0 radical (unpaired) electrons. The fourth-order valence-corrected chi connectivity index (χ4v) is 7.00. The van der Waals surface area contributed by atoms with Crippen molar-refractivity contribution < 1.29 is 13.2 Å². The number of aromatic nitrogens is 1. The molecule has 3 heterocycles. The predicted molar refractivity (Wildman–Crippen MR) is 121 cm³/mol. The molecule has 1 saturated heterocycles. The fraction of sp³-hybridized carbons (Fsp3) is 0.364. The number of sulfonamides is 1. The molecule has 0 spiro atoms. The van der Waals surface area contributed by atoms with Crippen molar-refractivity contribution in [3.05, 3.63) is 57.7 Å². The number of anilines is 1. The van der Waals surface area contributed by atoms with Gasteiger partial charge in [0.1, 0.15) is 6.54 Å². The van der Waals surface area contributed by atoms with E-state index in [1.807, 2.05) is 24.3 Å². The number of hydrogen-bond donors (Lipinski definition) is 0. The van der Waals surface area contributed by atoms with Gasteiger partial charge in [0, 0.05) is 25.3 Å². The van der Waals surface area contributed by atoms with Gasteiger partial charge in [-0.25, -0.2) is 8.42 Å². The van der Waals surface area contributed by atoms with Crippen molar-refractivity contribution in [1.29, 1.82) is 0 Å². The number of aryl methyl sites for hydroxylation is 1. The number of nitrogens with zero attached hydrogens (tertiary/aromatic N) is 3. The van der Waals surface area contributed by atoms with Gasteiger partial charge in [0.2, 0.25) is 15.9 Å². The van der Waals surface area contributed by atoms with Crippen molar-refractivity contribution in [2.24, 2.45) is 0 Å². The zero-order chi connectivity index (χ0) is 21.6. The van der Waals surface area contributed by atoms with E-state index in [1.54, 1.807) is 23.1 Å². The van der Waals surface area contributed by atoms with Crippen LogP contribution >= 0.6 is 11.3 Å². The van der Waals surface area contributed by atoms with Crippen LogP contribution in [0.25, 0.3) is 10.2 Å². The Balaban J connectivity index is 1.46. The number of hydrogen-bond acceptors (Lipinski definition) is 5. The van der Waals surface area contributed by atoms with Crippen LogP contribution in [0.2, 0.25) is 0 Å². The van der Waals surface area contributed by atoms with Gasteiger partial charge in [0.25, 0.3) is 0 Å². The molecule has 0 saturated carbocycles. The van der Waals surface area contributed by atoms with Crippen LogP contribution in [-0.2, 0) is 27.8 Å². The molecule has 0 bridgehead atoms. The van der Waals surface area contributed by atoms with Crippen LogP contribution in [-0.4, -0.2) is 42.8 Å². The van der Waals surface area contributed by atoms with E-state index in [-0.39, 0.29) is 22.2 Å². The molecular weight excluding hydrogens is 434 g/mol. The van der Waals surface area contributed by atoms with Crippen LogP contribution in [0.15, 0.2) is 52.2 Å². The maximum absolute atomic E-state index is 13.1. The molecule has 7 nitrogen and oxygen atoms in total. The predicted octanol–water partition coefficient (Wildman–Crippen LogP) is 2.83. The summed E-state index contributed by atoms with van der Waals surface area (Å²) in [6.07, 6.45) is 3.56. The van der Waals surface area contributed by atoms with Crippen molar-refractivity contribution in [2.45, 2.75) is 37.1 Å². The van der Waals surface area contributed by atoms with Gasteiger partial charge in [-0.05, 0) is 55.5 Å². The Bertz CT molecular complexity index is 1320. The Hall–Kier alpha value is -2.49. The van der Waals surface area contributed by atoms with Gasteiger partial charge >= 0.3 is 4.87 Å². The lowest BCUT2D eigenvalue weighted by molar-refractivity contribution is -0.119. The van der Waals surface area contributed by atoms with E-state index in [2.05, 4.69) is 0 Å². The third-order valence-corrected chi connectivity index (χ3v) is 8.88. The third kappa shape index (κ3) is 3.60. The molecule has 0 atom stereocenters. The first-order chi connectivity index (χ1) is 14.9. The molecule has 162 valence electrons. The van der Waals surface area contributed by atoms with E-state index < -0.39 is 10.0 Å². The molecule has 2 aromatic carbocycles. The van der Waals surface area contributed by atoms with Crippen molar-refractivity contribution in [2.75, 3.05) is 24.5 Å². The highest BCUT2D eigenvalue weighted by Gasteiger charge is 2.28. The minimum Gasteiger partial charge on any atom is -0.311 e. The molecule has 31 heavy (non-hydrogen) atoms. The van der Waals surface area contributed by atoms with Crippen LogP contribution in [0.4, 0.5) is 5.69 Å². The maximum atomic E-state index is 13.1. The van der Waals surface area contributed by atoms with E-state index in [1.165, 1.54) is 8.87 Å². The SMILES string of the molecule is O=C(Cn1c(=O)sc2cc(S(=O)(=O)N3CCCC3)ccc21)N1CCCc2ccccc21. The second-order valence-electron chi connectivity index (χ2n) is 7.97. The van der Waals surface area contributed by atoms with Crippen molar-refractivity contribution in [3.63, 3.8) is 0 Å². The Morgan fingerprint density at radius 2 is 1.77 bits per heavy atom. The lowest BCUT2D eigenvalue weighted by atomic mass is 10.0. The molecule has 9 heteroatoms. The number of fused-ring (bicyclic) bond motifs is 2. The average molecular weight is 458 g/mol. The molecule has 2 aliphatic rings. The normalized spacial score (nSPS) is 17.2. The highest BCUT2D eigenvalue weighted by atomic mass is 32.2. The number of amides is 1. The van der Waals surface area contributed by atoms with Crippen LogP contribution in [0, 0.1) is 0 Å². The number of para-hydroxylation sites is 1. The van der Waals surface area contributed by atoms with E-state index in [4.69, 9.17) is 0 Å². The van der Waals surface area contributed by atoms with Gasteiger partial charge < -0.3 is 4.90 Å². The summed E-state index contributed by atoms with van der Waals surface area (Å²) in [4.78, 5) is 27.5. The van der Waals surface area contributed by atoms with E-state index >= 15 is 0 Å². The molecule has 1 fully saturated rings. The Morgan fingerprint density at radius 3 is 2.58 bits per heavy atom. The number of carbonyl (C=O) groups is 1. The van der Waals surface area contributed by atoms with Gasteiger partial charge in [-0.15, -0.1) is 0 Å². The van der Waals surface area contributed by atoms with Crippen LogP contribution in [0.1, 0.15) is 24.8 Å². The number of rotatable bonds is 4. The zero-order valence-corrected chi connectivity index (χ0v) is 18.6. The van der Waals surface area contributed by atoms with E-state index in [9.17, 15) is 18.0 Å². The van der Waals surface area contributed by atoms with Gasteiger partial charge in [-0.3, -0.25) is 14.2 Å². The summed E-state index contributed by atoms with van der Waals surface area (Å²) < 4.78 is 29.2. The van der Waals surface area contributed by atoms with Gasteiger partial charge in [0.15, 0.2) is 0 Å². The van der Waals surface area contributed by atoms with Crippen LogP contribution in [0.5, 0.6) is 0 Å². The highest BCUT2D eigenvalue weighted by molar-refractivity contribution is 7.89. The zero-order valence-electron chi connectivity index (χ0n) is 17.0. The van der Waals surface area contributed by atoms with Crippen molar-refractivity contribution in [1.82, 2.24) is 8.87 Å². The van der Waals surface area contributed by atoms with Crippen molar-refractivity contribution in [3.8, 4) is 0 Å². The van der Waals surface area contributed by atoms with Gasteiger partial charge in [-0.1, -0.05) is 29.5 Å². The van der Waals surface area contributed by atoms with E-state index in [0.717, 1.165) is 48.3 Å². The standard InChI is InChI=1S/C22H23N3O4S2/c26-21(24-13-5-7-16-6-1-2-8-18(16)24)15-25-19-10-9-17(14-20(19)30-22(25)27)31(28,29)23-11-3-4-12-23/h1-2,6,8-10,14H,3-5,7,11-13,15H2. The summed E-state index contributed by atoms with van der Waals surface area (Å²) in [6.45, 7) is 1.63. The summed E-state index contributed by atoms with van der Waals surface area (Å²) in [7, 11) is -3.55. The minimum atomic E-state index is -3.55. The van der Waals surface area contributed by atoms with E-state index in [0.29, 0.717) is 29.9 Å². The molecule has 5 rings (SSSR count). The number of carbonyl (C=O) groups excluding carboxylic acids is 1. The summed E-state index contributed by atoms with van der Waals surface area (Å²) >= 11 is 0.980. The van der Waals surface area contributed by atoms with Gasteiger partial charge in [0.05, 0.1) is 15.1 Å². The lowest BCUT2D eigenvalue weighted by Gasteiger charge is -2.29. The fourth-order valence-electron chi connectivity index (χ4n) is 4.45. The maximum Gasteiger partial charge on any atom is 0.308 e. The highest BCUT2D eigenvalue weighted by Crippen LogP contribution is 2.28. The summed E-state index contributed by atoms with van der Waals surface area (Å²) in [5, 5.41) is 0. The van der Waals surface area contributed by atoms with Gasteiger partial charge in [-0.2, -0.15) is 4.31 Å². The monoisotopic (exact) mass is 457 g/mol. The first-order valence-corrected chi connectivity index (χ1v) is 12.7. The minimum absolute atomic E-state index is 0.0641. The summed E-state index contributed by atoms with van der Waals surface area (Å²) in [6, 6.07) is 12.6. The first-order valence-electron chi connectivity index (χ1n) is 10.5. The number of thiazole rings is 1. The Labute approximate surface area is 184 Å². The van der Waals surface area contributed by atoms with Crippen LogP contribution < -0.4 is 9.77 Å². The summed E-state index contributed by atoms with van der Waals surface area (Å²) in [5.41, 5.74) is 2.64. The quantitative estimate of drug-likeness (QED) is 0.604. The second-order valence-corrected chi connectivity index (χ2v) is 10.9. The third-order valence-electron chi connectivity index (χ3n) is 6.05. The average Bonchev–Trinajstić information content (AvgIpc) is 3.42. The molecule has 0 N–H and O–H groups in total. The van der Waals surface area contributed by atoms with Crippen LogP contribution in [0.3, 0.4) is 0 Å². The first kappa shape index (κ1) is 20.4. The molecular formula is C22H23N3O4S2. The van der Waals surface area contributed by atoms with Crippen molar-refractivity contribution >= 4 is 43.2 Å². The smallest absolute Gasteiger partial charge is 0.308 e. The topological polar surface area (TPSA) is 79.7 Å². The lowest BCUT2D eigenvalue weighted by Crippen LogP contribution is -2.38. The molecule has 0 aliphatic carbocycles.